The molecule has 0 amide bonds. The molecule has 0 saturated heterocycles. The first-order valence-electron chi connectivity index (χ1n) is 4.82. The molecule has 0 aliphatic heterocycles. The molecule has 1 aromatic rings. The van der Waals surface area contributed by atoms with Crippen molar-refractivity contribution in [2.24, 2.45) is 13.0 Å². The van der Waals surface area contributed by atoms with Gasteiger partial charge in [0.2, 0.25) is 5.95 Å². The molecule has 0 aliphatic carbocycles. The standard InChI is InChI=1S/C9H16N4O2/c1-6(5-8(14)15)4-7-11-12-9(10-2)13(7)3/h6H,4-5H2,1-3H3,(H,10,12)(H,14,15). The van der Waals surface area contributed by atoms with Crippen LogP contribution in [0.5, 0.6) is 0 Å². The number of nitrogens with one attached hydrogen (secondary N) is 1. The van der Waals surface area contributed by atoms with E-state index in [1.807, 2.05) is 18.5 Å². The number of hydrogen-bond acceptors (Lipinski definition) is 4. The highest BCUT2D eigenvalue weighted by Crippen LogP contribution is 2.12. The minimum Gasteiger partial charge on any atom is -0.481 e. The molecule has 1 atom stereocenters. The van der Waals surface area contributed by atoms with Crippen molar-refractivity contribution in [2.45, 2.75) is 19.8 Å². The fourth-order valence-electron chi connectivity index (χ4n) is 1.44. The van der Waals surface area contributed by atoms with Gasteiger partial charge in [-0.05, 0) is 5.92 Å². The quantitative estimate of drug-likeness (QED) is 0.743. The monoisotopic (exact) mass is 212 g/mol. The topological polar surface area (TPSA) is 80.0 Å². The highest BCUT2D eigenvalue weighted by atomic mass is 16.4. The molecule has 1 rings (SSSR count). The average Bonchev–Trinajstić information content (AvgIpc) is 2.46. The number of hydrogen-bond donors (Lipinski definition) is 2. The Hall–Kier alpha value is -1.59. The lowest BCUT2D eigenvalue weighted by Crippen LogP contribution is -2.11. The lowest BCUT2D eigenvalue weighted by molar-refractivity contribution is -0.137. The van der Waals surface area contributed by atoms with Gasteiger partial charge in [0.25, 0.3) is 0 Å². The number of anilines is 1. The predicted molar refractivity (Wildman–Crippen MR) is 55.7 cm³/mol. The van der Waals surface area contributed by atoms with Gasteiger partial charge < -0.3 is 15.0 Å². The summed E-state index contributed by atoms with van der Waals surface area (Å²) in [5.74, 6) is 0.772. The van der Waals surface area contributed by atoms with Gasteiger partial charge in [0.05, 0.1) is 0 Å². The van der Waals surface area contributed by atoms with Crippen LogP contribution in [0, 0.1) is 5.92 Å². The summed E-state index contributed by atoms with van der Waals surface area (Å²) in [6, 6.07) is 0. The summed E-state index contributed by atoms with van der Waals surface area (Å²) in [4.78, 5) is 10.5. The number of carbonyl (C=O) groups is 1. The van der Waals surface area contributed by atoms with Gasteiger partial charge in [0, 0.05) is 26.9 Å². The molecule has 0 fully saturated rings. The number of carboxylic acids is 1. The van der Waals surface area contributed by atoms with E-state index in [-0.39, 0.29) is 12.3 Å². The van der Waals surface area contributed by atoms with Crippen LogP contribution in [0.2, 0.25) is 0 Å². The van der Waals surface area contributed by atoms with Crippen molar-refractivity contribution in [2.75, 3.05) is 12.4 Å². The van der Waals surface area contributed by atoms with Crippen molar-refractivity contribution < 1.29 is 9.90 Å². The first kappa shape index (κ1) is 11.5. The first-order valence-corrected chi connectivity index (χ1v) is 4.82. The van der Waals surface area contributed by atoms with E-state index in [9.17, 15) is 4.79 Å². The van der Waals surface area contributed by atoms with Crippen LogP contribution < -0.4 is 5.32 Å². The molecule has 1 aromatic heterocycles. The van der Waals surface area contributed by atoms with Crippen molar-refractivity contribution in [3.63, 3.8) is 0 Å². The number of rotatable bonds is 5. The SMILES string of the molecule is CNc1nnc(CC(C)CC(=O)O)n1C. The minimum atomic E-state index is -0.779. The molecular weight excluding hydrogens is 196 g/mol. The van der Waals surface area contributed by atoms with Gasteiger partial charge in [-0.1, -0.05) is 6.92 Å². The van der Waals surface area contributed by atoms with Crippen molar-refractivity contribution in [1.82, 2.24) is 14.8 Å². The molecule has 84 valence electrons. The Kier molecular flexibility index (Phi) is 3.65. The second kappa shape index (κ2) is 4.77. The van der Waals surface area contributed by atoms with Crippen LogP contribution in [0.4, 0.5) is 5.95 Å². The molecule has 6 heteroatoms. The summed E-state index contributed by atoms with van der Waals surface area (Å²) in [6.07, 6.45) is 0.777. The summed E-state index contributed by atoms with van der Waals surface area (Å²) in [5, 5.41) is 19.4. The Morgan fingerprint density at radius 1 is 1.60 bits per heavy atom. The average molecular weight is 212 g/mol. The summed E-state index contributed by atoms with van der Waals surface area (Å²) in [6.45, 7) is 1.89. The maximum absolute atomic E-state index is 10.5. The van der Waals surface area contributed by atoms with Crippen molar-refractivity contribution in [3.05, 3.63) is 5.82 Å². The third-order valence-electron chi connectivity index (χ3n) is 2.24. The molecule has 0 aromatic carbocycles. The van der Waals surface area contributed by atoms with Crippen LogP contribution in [0.1, 0.15) is 19.2 Å². The maximum Gasteiger partial charge on any atom is 0.303 e. The molecule has 15 heavy (non-hydrogen) atoms. The molecule has 1 heterocycles. The molecule has 0 aliphatic rings. The number of carboxylic acid groups (broad SMARTS) is 1. The fraction of sp³-hybridized carbons (Fsp3) is 0.667. The van der Waals surface area contributed by atoms with Gasteiger partial charge in [-0.15, -0.1) is 10.2 Å². The summed E-state index contributed by atoms with van der Waals surface area (Å²) < 4.78 is 1.83. The normalized spacial score (nSPS) is 12.5. The van der Waals surface area contributed by atoms with E-state index < -0.39 is 5.97 Å². The van der Waals surface area contributed by atoms with Crippen molar-refractivity contribution in [1.29, 1.82) is 0 Å². The molecule has 0 spiro atoms. The number of aromatic nitrogens is 3. The van der Waals surface area contributed by atoms with E-state index >= 15 is 0 Å². The Labute approximate surface area is 88.3 Å². The summed E-state index contributed by atoms with van der Waals surface area (Å²) in [7, 11) is 3.63. The Bertz CT molecular complexity index is 348. The molecule has 0 bridgehead atoms. The van der Waals surface area contributed by atoms with E-state index in [0.717, 1.165) is 5.82 Å². The third-order valence-corrected chi connectivity index (χ3v) is 2.24. The van der Waals surface area contributed by atoms with Crippen molar-refractivity contribution in [3.8, 4) is 0 Å². The Balaban J connectivity index is 2.64. The van der Waals surface area contributed by atoms with E-state index in [1.54, 1.807) is 7.05 Å². The molecule has 1 unspecified atom stereocenters. The molecule has 0 saturated carbocycles. The Morgan fingerprint density at radius 2 is 2.27 bits per heavy atom. The van der Waals surface area contributed by atoms with E-state index in [0.29, 0.717) is 12.4 Å². The lowest BCUT2D eigenvalue weighted by atomic mass is 10.0. The van der Waals surface area contributed by atoms with Gasteiger partial charge in [0.1, 0.15) is 5.82 Å². The van der Waals surface area contributed by atoms with E-state index in [2.05, 4.69) is 15.5 Å². The zero-order valence-electron chi connectivity index (χ0n) is 9.19. The van der Waals surface area contributed by atoms with Gasteiger partial charge in [-0.2, -0.15) is 0 Å². The molecule has 2 N–H and O–H groups in total. The van der Waals surface area contributed by atoms with Crippen LogP contribution in [0.15, 0.2) is 0 Å². The van der Waals surface area contributed by atoms with Crippen LogP contribution in [0.3, 0.4) is 0 Å². The highest BCUT2D eigenvalue weighted by Gasteiger charge is 2.13. The summed E-state index contributed by atoms with van der Waals surface area (Å²) in [5.41, 5.74) is 0. The van der Waals surface area contributed by atoms with Crippen LogP contribution in [-0.2, 0) is 18.3 Å². The highest BCUT2D eigenvalue weighted by molar-refractivity contribution is 5.66. The summed E-state index contributed by atoms with van der Waals surface area (Å²) >= 11 is 0. The Morgan fingerprint density at radius 3 is 2.73 bits per heavy atom. The number of aliphatic carboxylic acids is 1. The van der Waals surface area contributed by atoms with Gasteiger partial charge in [-0.25, -0.2) is 0 Å². The first-order chi connectivity index (χ1) is 7.04. The van der Waals surface area contributed by atoms with Gasteiger partial charge in [0.15, 0.2) is 0 Å². The number of nitrogens with zero attached hydrogens (tertiary/aromatic N) is 3. The van der Waals surface area contributed by atoms with Crippen LogP contribution in [-0.4, -0.2) is 32.9 Å². The smallest absolute Gasteiger partial charge is 0.303 e. The second-order valence-corrected chi connectivity index (χ2v) is 3.66. The van der Waals surface area contributed by atoms with E-state index in [4.69, 9.17) is 5.11 Å². The van der Waals surface area contributed by atoms with Gasteiger partial charge >= 0.3 is 5.97 Å². The zero-order chi connectivity index (χ0) is 11.4. The lowest BCUT2D eigenvalue weighted by Gasteiger charge is -2.08. The van der Waals surface area contributed by atoms with Gasteiger partial charge in [-0.3, -0.25) is 4.79 Å². The molecule has 0 radical (unpaired) electrons. The van der Waals surface area contributed by atoms with Crippen LogP contribution >= 0.6 is 0 Å². The predicted octanol–water partition coefficient (Wildman–Crippen LogP) is 0.510. The maximum atomic E-state index is 10.5. The van der Waals surface area contributed by atoms with Crippen molar-refractivity contribution >= 4 is 11.9 Å². The molecule has 6 nitrogen and oxygen atoms in total. The fourth-order valence-corrected chi connectivity index (χ4v) is 1.44. The zero-order valence-corrected chi connectivity index (χ0v) is 9.19. The third kappa shape index (κ3) is 2.93. The second-order valence-electron chi connectivity index (χ2n) is 3.66. The van der Waals surface area contributed by atoms with Crippen LogP contribution in [0.25, 0.3) is 0 Å². The molecular formula is C9H16N4O2. The van der Waals surface area contributed by atoms with E-state index in [1.165, 1.54) is 0 Å². The minimum absolute atomic E-state index is 0.0649. The largest absolute Gasteiger partial charge is 0.481 e.